The zero-order chi connectivity index (χ0) is 34.6. The summed E-state index contributed by atoms with van der Waals surface area (Å²) >= 11 is 0. The topological polar surface area (TPSA) is 108 Å². The molecule has 0 spiro atoms. The highest BCUT2D eigenvalue weighted by Crippen LogP contribution is 2.45. The average Bonchev–Trinajstić information content (AvgIpc) is 3.04. The molecule has 47 heavy (non-hydrogen) atoms. The maximum atomic E-state index is 12.8. The van der Waals surface area contributed by atoms with E-state index >= 15 is 0 Å². The van der Waals surface area contributed by atoms with E-state index in [2.05, 4.69) is 13.2 Å². The van der Waals surface area contributed by atoms with Gasteiger partial charge in [0.2, 0.25) is 0 Å². The molecule has 2 aromatic rings. The summed E-state index contributed by atoms with van der Waals surface area (Å²) in [5.41, 5.74) is 5.59. The average molecular weight is 649 g/mol. The molecule has 256 valence electrons. The van der Waals surface area contributed by atoms with Crippen molar-refractivity contribution in [2.75, 3.05) is 26.4 Å². The van der Waals surface area contributed by atoms with E-state index in [9.17, 15) is 19.5 Å². The predicted molar refractivity (Wildman–Crippen MR) is 183 cm³/mol. The maximum absolute atomic E-state index is 12.8. The molecule has 3 rings (SSSR count). The van der Waals surface area contributed by atoms with Gasteiger partial charge in [-0.1, -0.05) is 56.7 Å². The minimum absolute atomic E-state index is 0.0282. The summed E-state index contributed by atoms with van der Waals surface area (Å²) in [6, 6.07) is 10.1. The molecule has 1 saturated carbocycles. The van der Waals surface area contributed by atoms with Crippen LogP contribution in [0.1, 0.15) is 101 Å². The smallest absolute Gasteiger partial charge is 0.333 e. The van der Waals surface area contributed by atoms with Gasteiger partial charge in [-0.3, -0.25) is 4.79 Å². The van der Waals surface area contributed by atoms with Gasteiger partial charge in [-0.05, 0) is 94.5 Å². The summed E-state index contributed by atoms with van der Waals surface area (Å²) in [6.45, 7) is 16.5. The van der Waals surface area contributed by atoms with E-state index in [0.29, 0.717) is 29.7 Å². The van der Waals surface area contributed by atoms with E-state index in [1.807, 2.05) is 51.1 Å². The third kappa shape index (κ3) is 11.1. The molecule has 8 nitrogen and oxygen atoms in total. The number of aryl methyl sites for hydroxylation is 1. The van der Waals surface area contributed by atoms with Crippen LogP contribution in [0.25, 0.3) is 11.1 Å². The van der Waals surface area contributed by atoms with Crippen LogP contribution >= 0.6 is 0 Å². The van der Waals surface area contributed by atoms with E-state index in [4.69, 9.17) is 18.9 Å². The quantitative estimate of drug-likeness (QED) is 0.0859. The van der Waals surface area contributed by atoms with E-state index in [0.717, 1.165) is 71.9 Å². The normalized spacial score (nSPS) is 13.5. The van der Waals surface area contributed by atoms with Crippen LogP contribution in [-0.4, -0.2) is 49.4 Å². The summed E-state index contributed by atoms with van der Waals surface area (Å²) in [7, 11) is 0. The van der Waals surface area contributed by atoms with Crippen molar-refractivity contribution in [1.82, 2.24) is 0 Å². The molecular formula is C39H52O8. The van der Waals surface area contributed by atoms with Gasteiger partial charge in [0.15, 0.2) is 0 Å². The van der Waals surface area contributed by atoms with Crippen LogP contribution in [0.15, 0.2) is 54.6 Å². The minimum Gasteiger partial charge on any atom is -0.489 e. The molecule has 0 atom stereocenters. The molecule has 1 aliphatic carbocycles. The van der Waals surface area contributed by atoms with Crippen molar-refractivity contribution >= 4 is 17.9 Å². The number of aliphatic hydroxyl groups is 1. The van der Waals surface area contributed by atoms with Gasteiger partial charge in [-0.25, -0.2) is 9.59 Å². The molecule has 8 heteroatoms. The van der Waals surface area contributed by atoms with Gasteiger partial charge in [-0.15, -0.1) is 0 Å². The molecule has 0 bridgehead atoms. The fourth-order valence-electron chi connectivity index (χ4n) is 5.71. The standard InChI is InChI=1S/C39H52O8/c1-26(2)36(41)45-23-22-44-35-32(19-21-46-38(43)39(5,6)7)34(30-13-9-8-10-14-30)31(25-47-37(42)27(3)4)24-33(35)29-17-15-28(16-18-29)12-11-20-40/h15-18,24,30,40H,1,3,8-14,19-23,25H2,2,4-7H3. The largest absolute Gasteiger partial charge is 0.489 e. The van der Waals surface area contributed by atoms with E-state index < -0.39 is 17.4 Å². The Bertz CT molecular complexity index is 1410. The molecule has 0 heterocycles. The lowest BCUT2D eigenvalue weighted by atomic mass is 9.78. The first-order valence-corrected chi connectivity index (χ1v) is 16.7. The van der Waals surface area contributed by atoms with E-state index in [1.54, 1.807) is 13.8 Å². The van der Waals surface area contributed by atoms with Gasteiger partial charge in [0.05, 0.1) is 12.0 Å². The monoisotopic (exact) mass is 648 g/mol. The Hall–Kier alpha value is -3.91. The fraction of sp³-hybridized carbons (Fsp3) is 0.513. The van der Waals surface area contributed by atoms with Gasteiger partial charge in [0, 0.05) is 35.3 Å². The van der Waals surface area contributed by atoms with Crippen molar-refractivity contribution < 1.29 is 38.4 Å². The Morgan fingerprint density at radius 2 is 1.49 bits per heavy atom. The second kappa shape index (κ2) is 17.9. The Morgan fingerprint density at radius 3 is 2.09 bits per heavy atom. The van der Waals surface area contributed by atoms with Gasteiger partial charge >= 0.3 is 17.9 Å². The number of ether oxygens (including phenoxy) is 4. The molecule has 0 radical (unpaired) electrons. The lowest BCUT2D eigenvalue weighted by Gasteiger charge is -2.30. The van der Waals surface area contributed by atoms with Crippen molar-refractivity contribution in [3.8, 4) is 16.9 Å². The Kier molecular flexibility index (Phi) is 14.3. The highest BCUT2D eigenvalue weighted by molar-refractivity contribution is 5.87. The molecule has 0 aliphatic heterocycles. The summed E-state index contributed by atoms with van der Waals surface area (Å²) in [6.07, 6.45) is 7.08. The van der Waals surface area contributed by atoms with Crippen LogP contribution in [0.2, 0.25) is 0 Å². The Labute approximate surface area is 280 Å². The highest BCUT2D eigenvalue weighted by atomic mass is 16.6. The number of rotatable bonds is 16. The van der Waals surface area contributed by atoms with Crippen LogP contribution in [0.4, 0.5) is 0 Å². The van der Waals surface area contributed by atoms with Crippen LogP contribution in [0.3, 0.4) is 0 Å². The summed E-state index contributed by atoms with van der Waals surface area (Å²) in [5.74, 6) is -0.416. The van der Waals surface area contributed by atoms with Crippen LogP contribution in [-0.2, 0) is 48.0 Å². The van der Waals surface area contributed by atoms with Crippen LogP contribution in [0.5, 0.6) is 5.75 Å². The number of hydrogen-bond acceptors (Lipinski definition) is 8. The lowest BCUT2D eigenvalue weighted by Crippen LogP contribution is -2.24. The summed E-state index contributed by atoms with van der Waals surface area (Å²) in [4.78, 5) is 37.4. The van der Waals surface area contributed by atoms with Crippen LogP contribution in [0, 0.1) is 5.41 Å². The Morgan fingerprint density at radius 1 is 0.851 bits per heavy atom. The molecule has 2 aromatic carbocycles. The maximum Gasteiger partial charge on any atom is 0.333 e. The molecule has 1 fully saturated rings. The van der Waals surface area contributed by atoms with Gasteiger partial charge < -0.3 is 24.1 Å². The minimum atomic E-state index is -0.653. The molecule has 0 unspecified atom stereocenters. The van der Waals surface area contributed by atoms with Gasteiger partial charge in [0.1, 0.15) is 25.6 Å². The first-order chi connectivity index (χ1) is 22.3. The fourth-order valence-corrected chi connectivity index (χ4v) is 5.71. The Balaban J connectivity index is 2.19. The number of carbonyl (C=O) groups excluding carboxylic acids is 3. The third-order valence-corrected chi connectivity index (χ3v) is 8.23. The number of aliphatic hydroxyl groups excluding tert-OH is 1. The van der Waals surface area contributed by atoms with Gasteiger partial charge in [-0.2, -0.15) is 0 Å². The van der Waals surface area contributed by atoms with Crippen molar-refractivity contribution in [1.29, 1.82) is 0 Å². The molecule has 0 aromatic heterocycles. The second-order valence-corrected chi connectivity index (χ2v) is 13.4. The molecule has 0 amide bonds. The van der Waals surface area contributed by atoms with Crippen molar-refractivity contribution in [2.24, 2.45) is 5.41 Å². The summed E-state index contributed by atoms with van der Waals surface area (Å²) in [5, 5.41) is 9.31. The number of esters is 3. The number of carbonyl (C=O) groups is 3. The van der Waals surface area contributed by atoms with Crippen molar-refractivity contribution in [2.45, 2.75) is 98.5 Å². The van der Waals surface area contributed by atoms with E-state index in [-0.39, 0.29) is 44.9 Å². The molecule has 1 aliphatic rings. The van der Waals surface area contributed by atoms with E-state index in [1.165, 1.54) is 0 Å². The number of benzene rings is 2. The predicted octanol–water partition coefficient (Wildman–Crippen LogP) is 7.58. The highest BCUT2D eigenvalue weighted by Gasteiger charge is 2.29. The molecular weight excluding hydrogens is 596 g/mol. The SMILES string of the molecule is C=C(C)C(=O)OCCOc1c(-c2ccc(CCCO)cc2)cc(COC(=O)C(=C)C)c(C2CCCCC2)c1CCOC(=O)C(C)(C)C. The zero-order valence-corrected chi connectivity index (χ0v) is 28.9. The molecule has 1 N–H and O–H groups in total. The molecule has 0 saturated heterocycles. The lowest BCUT2D eigenvalue weighted by molar-refractivity contribution is -0.152. The second-order valence-electron chi connectivity index (χ2n) is 13.4. The first kappa shape index (κ1) is 37.5. The first-order valence-electron chi connectivity index (χ1n) is 16.7. The zero-order valence-electron chi connectivity index (χ0n) is 28.9. The van der Waals surface area contributed by atoms with Crippen molar-refractivity contribution in [3.05, 3.63) is 76.9 Å². The van der Waals surface area contributed by atoms with Crippen LogP contribution < -0.4 is 4.74 Å². The van der Waals surface area contributed by atoms with Crippen molar-refractivity contribution in [3.63, 3.8) is 0 Å². The third-order valence-electron chi connectivity index (χ3n) is 8.23. The summed E-state index contributed by atoms with van der Waals surface area (Å²) < 4.78 is 23.4. The van der Waals surface area contributed by atoms with Gasteiger partial charge in [0.25, 0.3) is 0 Å². The number of hydrogen-bond donors (Lipinski definition) is 1.